The third-order valence-corrected chi connectivity index (χ3v) is 5.98. The highest BCUT2D eigenvalue weighted by molar-refractivity contribution is 5.76. The normalized spacial score (nSPS) is 11.7. The molecule has 0 radical (unpaired) electrons. The van der Waals surface area contributed by atoms with Gasteiger partial charge in [-0.3, -0.25) is 9.59 Å². The van der Waals surface area contributed by atoms with Crippen LogP contribution in [-0.4, -0.2) is 136 Å². The van der Waals surface area contributed by atoms with Crippen LogP contribution in [0.2, 0.25) is 0 Å². The molecule has 1 aromatic rings. The second-order valence-corrected chi connectivity index (χ2v) is 10.3. The Labute approximate surface area is 282 Å². The van der Waals surface area contributed by atoms with Gasteiger partial charge in [0, 0.05) is 19.5 Å². The molecule has 0 unspecified atom stereocenters. The number of nitrogens with one attached hydrogen (secondary N) is 1. The second kappa shape index (κ2) is 27.2. The highest BCUT2D eigenvalue weighted by atomic mass is 19.2. The molecule has 0 saturated heterocycles. The fraction of sp³-hybridized carbons (Fsp3) is 0.733. The summed E-state index contributed by atoms with van der Waals surface area (Å²) < 4.78 is 114. The number of hydrogen-bond acceptors (Lipinski definition) is 13. The lowest BCUT2D eigenvalue weighted by molar-refractivity contribution is -0.136. The molecule has 0 aliphatic carbocycles. The first kappa shape index (κ1) is 44.4. The molecule has 284 valence electrons. The molecule has 0 atom stereocenters. The largest absolute Gasteiger partial charge is 0.420 e. The number of nitrogens with two attached hydrogens (primary N) is 2. The maximum absolute atomic E-state index is 13.6. The molecule has 1 amide bonds. The first-order valence-corrected chi connectivity index (χ1v) is 15.6. The van der Waals surface area contributed by atoms with Gasteiger partial charge in [-0.2, -0.15) is 8.78 Å². The predicted molar refractivity (Wildman–Crippen MR) is 162 cm³/mol. The smallest absolute Gasteiger partial charge is 0.313 e. The summed E-state index contributed by atoms with van der Waals surface area (Å²) in [4.78, 5) is 24.4. The molecule has 0 heterocycles. The van der Waals surface area contributed by atoms with Gasteiger partial charge in [-0.15, -0.1) is 0 Å². The second-order valence-electron chi connectivity index (χ2n) is 10.3. The van der Waals surface area contributed by atoms with Gasteiger partial charge in [-0.1, -0.05) is 0 Å². The standard InChI is InChI=1S/C30H48F5N3O11/c1-30(20-47-18-16-45-14-12-43-8-4-36,21-48-19-17-46-15-13-44-9-5-37)38-22(39)2-6-41-10-11-42-7-3-23(40)49-29-27(34)25(32)24(31)26(33)28(29)35/h2-21,36-37H2,1H3,(H,38,39). The van der Waals surface area contributed by atoms with Gasteiger partial charge >= 0.3 is 5.97 Å². The molecule has 49 heavy (non-hydrogen) atoms. The van der Waals surface area contributed by atoms with Gasteiger partial charge in [-0.05, 0) is 6.92 Å². The molecule has 0 saturated carbocycles. The first-order valence-electron chi connectivity index (χ1n) is 15.6. The summed E-state index contributed by atoms with van der Waals surface area (Å²) in [5.74, 6) is -14.7. The molecule has 19 heteroatoms. The predicted octanol–water partition coefficient (Wildman–Crippen LogP) is 0.993. The topological polar surface area (TPSA) is 181 Å². The minimum absolute atomic E-state index is 0.0122. The van der Waals surface area contributed by atoms with Crippen molar-refractivity contribution >= 4 is 11.9 Å². The van der Waals surface area contributed by atoms with Gasteiger partial charge in [0.1, 0.15) is 0 Å². The number of carbonyl (C=O) groups excluding carboxylic acids is 2. The number of ether oxygens (including phenoxy) is 9. The Morgan fingerprint density at radius 2 is 0.878 bits per heavy atom. The van der Waals surface area contributed by atoms with E-state index in [-0.39, 0.29) is 65.2 Å². The van der Waals surface area contributed by atoms with Crippen molar-refractivity contribution in [2.45, 2.75) is 25.3 Å². The molecule has 0 aliphatic heterocycles. The number of rotatable bonds is 31. The van der Waals surface area contributed by atoms with Crippen LogP contribution in [0.25, 0.3) is 0 Å². The van der Waals surface area contributed by atoms with Crippen LogP contribution >= 0.6 is 0 Å². The van der Waals surface area contributed by atoms with E-state index in [0.717, 1.165) is 0 Å². The SMILES string of the molecule is CC(COCCOCCOCCN)(COCCOCCOCCN)NC(=O)CCOCCOCCC(=O)Oc1c(F)c(F)c(F)c(F)c1F. The van der Waals surface area contributed by atoms with E-state index in [9.17, 15) is 31.5 Å². The van der Waals surface area contributed by atoms with Crippen molar-refractivity contribution in [1.82, 2.24) is 5.32 Å². The summed E-state index contributed by atoms with van der Waals surface area (Å²) >= 11 is 0. The van der Waals surface area contributed by atoms with E-state index in [4.69, 9.17) is 49.4 Å². The quantitative estimate of drug-likeness (QED) is 0.0247. The summed E-state index contributed by atoms with van der Waals surface area (Å²) in [6.45, 7) is 6.29. The van der Waals surface area contributed by atoms with Crippen molar-refractivity contribution in [3.8, 4) is 5.75 Å². The van der Waals surface area contributed by atoms with Gasteiger partial charge in [0.25, 0.3) is 0 Å². The number of benzene rings is 1. The fourth-order valence-electron chi connectivity index (χ4n) is 3.64. The third kappa shape index (κ3) is 20.0. The van der Waals surface area contributed by atoms with E-state index in [2.05, 4.69) is 10.1 Å². The number of halogens is 5. The van der Waals surface area contributed by atoms with Gasteiger partial charge in [-0.25, -0.2) is 13.2 Å². The Balaban J connectivity index is 2.34. The Kier molecular flexibility index (Phi) is 24.6. The van der Waals surface area contributed by atoms with E-state index < -0.39 is 52.8 Å². The highest BCUT2D eigenvalue weighted by Crippen LogP contribution is 2.29. The minimum Gasteiger partial charge on any atom is -0.420 e. The van der Waals surface area contributed by atoms with Crippen LogP contribution in [0, 0.1) is 29.1 Å². The Morgan fingerprint density at radius 3 is 1.31 bits per heavy atom. The zero-order valence-corrected chi connectivity index (χ0v) is 27.7. The minimum atomic E-state index is -2.37. The van der Waals surface area contributed by atoms with E-state index in [0.29, 0.717) is 65.9 Å². The summed E-state index contributed by atoms with van der Waals surface area (Å²) in [6.07, 6.45) is -0.559. The molecule has 0 aromatic heterocycles. The first-order chi connectivity index (χ1) is 23.6. The zero-order chi connectivity index (χ0) is 36.3. The van der Waals surface area contributed by atoms with Gasteiger partial charge in [0.05, 0.1) is 118 Å². The maximum Gasteiger partial charge on any atom is 0.313 e. The van der Waals surface area contributed by atoms with Gasteiger partial charge < -0.3 is 59.4 Å². The van der Waals surface area contributed by atoms with Crippen LogP contribution < -0.4 is 21.5 Å². The van der Waals surface area contributed by atoms with Crippen LogP contribution in [-0.2, 0) is 47.5 Å². The Bertz CT molecular complexity index is 1030. The number of carbonyl (C=O) groups is 2. The molecule has 0 bridgehead atoms. The Morgan fingerprint density at radius 1 is 0.531 bits per heavy atom. The average Bonchev–Trinajstić information content (AvgIpc) is 3.08. The van der Waals surface area contributed by atoms with Crippen LogP contribution in [0.1, 0.15) is 19.8 Å². The molecule has 0 aliphatic rings. The maximum atomic E-state index is 13.6. The molecule has 5 N–H and O–H groups in total. The summed E-state index contributed by atoms with van der Waals surface area (Å²) in [6, 6.07) is 0. The molecule has 0 spiro atoms. The van der Waals surface area contributed by atoms with E-state index in [1.165, 1.54) is 0 Å². The van der Waals surface area contributed by atoms with Crippen LogP contribution in [0.15, 0.2) is 0 Å². The monoisotopic (exact) mass is 721 g/mol. The molecule has 1 aromatic carbocycles. The van der Waals surface area contributed by atoms with Crippen LogP contribution in [0.3, 0.4) is 0 Å². The Hall–Kier alpha value is -2.59. The van der Waals surface area contributed by atoms with Crippen molar-refractivity contribution in [3.63, 3.8) is 0 Å². The molecular formula is C30H48F5N3O11. The average molecular weight is 722 g/mol. The highest BCUT2D eigenvalue weighted by Gasteiger charge is 2.29. The third-order valence-electron chi connectivity index (χ3n) is 5.98. The van der Waals surface area contributed by atoms with Crippen LogP contribution in [0.4, 0.5) is 22.0 Å². The van der Waals surface area contributed by atoms with Crippen molar-refractivity contribution in [1.29, 1.82) is 0 Å². The van der Waals surface area contributed by atoms with E-state index >= 15 is 0 Å². The van der Waals surface area contributed by atoms with Crippen LogP contribution in [0.5, 0.6) is 5.75 Å². The lowest BCUT2D eigenvalue weighted by atomic mass is 10.1. The van der Waals surface area contributed by atoms with E-state index in [1.54, 1.807) is 6.92 Å². The van der Waals surface area contributed by atoms with Crippen molar-refractivity contribution in [3.05, 3.63) is 29.1 Å². The van der Waals surface area contributed by atoms with Crippen molar-refractivity contribution < 1.29 is 74.2 Å². The number of hydrogen-bond donors (Lipinski definition) is 3. The molecular weight excluding hydrogens is 673 g/mol. The van der Waals surface area contributed by atoms with Gasteiger partial charge in [0.15, 0.2) is 0 Å². The lowest BCUT2D eigenvalue weighted by Gasteiger charge is -2.30. The van der Waals surface area contributed by atoms with Gasteiger partial charge in [0.2, 0.25) is 40.7 Å². The van der Waals surface area contributed by atoms with E-state index in [1.807, 2.05) is 0 Å². The zero-order valence-electron chi connectivity index (χ0n) is 27.7. The molecule has 0 fully saturated rings. The summed E-state index contributed by atoms with van der Waals surface area (Å²) in [5, 5.41) is 2.89. The molecule has 1 rings (SSSR count). The molecule has 14 nitrogen and oxygen atoms in total. The lowest BCUT2D eigenvalue weighted by Crippen LogP contribution is -2.53. The van der Waals surface area contributed by atoms with Crippen molar-refractivity contribution in [2.75, 3.05) is 119 Å². The summed E-state index contributed by atoms with van der Waals surface area (Å²) in [7, 11) is 0. The summed E-state index contributed by atoms with van der Waals surface area (Å²) in [5.41, 5.74) is 9.83. The fourth-order valence-corrected chi connectivity index (χ4v) is 3.64. The van der Waals surface area contributed by atoms with Crippen molar-refractivity contribution in [2.24, 2.45) is 11.5 Å². The number of esters is 1. The number of amides is 1.